The lowest BCUT2D eigenvalue weighted by atomic mass is 10.5. The average molecular weight is 332 g/mol. The summed E-state index contributed by atoms with van der Waals surface area (Å²) in [7, 11) is -3.77. The van der Waals surface area contributed by atoms with Crippen molar-refractivity contribution in [1.82, 2.24) is 4.98 Å². The minimum atomic E-state index is -3.77. The zero-order chi connectivity index (χ0) is 10.1. The van der Waals surface area contributed by atoms with Crippen molar-refractivity contribution in [1.29, 1.82) is 0 Å². The van der Waals surface area contributed by atoms with Crippen LogP contribution < -0.4 is 5.73 Å². The number of rotatable bonds is 2. The van der Waals surface area contributed by atoms with Crippen LogP contribution >= 0.6 is 32.2 Å². The van der Waals surface area contributed by atoms with Crippen molar-refractivity contribution >= 4 is 48.1 Å². The molecule has 0 bridgehead atoms. The molecule has 0 saturated heterocycles. The van der Waals surface area contributed by atoms with Gasteiger partial charge in [0.2, 0.25) is 0 Å². The van der Waals surface area contributed by atoms with Gasteiger partial charge in [0.25, 0.3) is 0 Å². The normalized spacial score (nSPS) is 11.5. The Labute approximate surface area is 92.0 Å². The maximum Gasteiger partial charge on any atom is 0.309 e. The molecule has 8 heteroatoms. The number of nitrogens with two attached hydrogens (primary N) is 1. The topological polar surface area (TPSA) is 82.3 Å². The molecule has 0 atom stereocenters. The maximum atomic E-state index is 11.1. The van der Waals surface area contributed by atoms with E-state index in [2.05, 4.69) is 40.4 Å². The van der Waals surface area contributed by atoms with Gasteiger partial charge in [-0.25, -0.2) is 4.98 Å². The third kappa shape index (κ3) is 2.39. The van der Waals surface area contributed by atoms with Gasteiger partial charge in [-0.15, -0.1) is 0 Å². The summed E-state index contributed by atoms with van der Waals surface area (Å²) < 4.78 is 26.7. The molecule has 0 aliphatic heterocycles. The maximum absolute atomic E-state index is 11.1. The highest BCUT2D eigenvalue weighted by Gasteiger charge is 2.15. The van der Waals surface area contributed by atoms with Crippen LogP contribution in [0.15, 0.2) is 21.6 Å². The Hall–Kier alpha value is -0.180. The zero-order valence-electron chi connectivity index (χ0n) is 6.07. The van der Waals surface area contributed by atoms with E-state index in [4.69, 9.17) is 5.73 Å². The summed E-state index contributed by atoms with van der Waals surface area (Å²) >= 11 is 5.43. The molecule has 1 heterocycles. The highest BCUT2D eigenvalue weighted by atomic mass is 79.9. The fourth-order valence-electron chi connectivity index (χ4n) is 0.604. The molecule has 2 N–H and O–H groups in total. The summed E-state index contributed by atoms with van der Waals surface area (Å²) in [4.78, 5) is 3.57. The van der Waals surface area contributed by atoms with Crippen LogP contribution in [0.3, 0.4) is 0 Å². The first kappa shape index (κ1) is 10.9. The van der Waals surface area contributed by atoms with Crippen LogP contribution in [0.1, 0.15) is 0 Å². The first-order chi connectivity index (χ1) is 5.97. The molecule has 0 aromatic carbocycles. The fourth-order valence-corrected chi connectivity index (χ4v) is 2.08. The number of aromatic nitrogens is 1. The van der Waals surface area contributed by atoms with E-state index in [1.165, 1.54) is 6.07 Å². The van der Waals surface area contributed by atoms with Crippen molar-refractivity contribution < 1.29 is 11.7 Å². The van der Waals surface area contributed by atoms with Crippen LogP contribution in [0.4, 0.5) is 5.82 Å². The number of nitrogens with zero attached hydrogens (tertiary/aromatic N) is 1. The quantitative estimate of drug-likeness (QED) is 0.886. The number of hydrogen-bond donors (Lipinski definition) is 1. The van der Waals surface area contributed by atoms with Crippen LogP contribution in [0.25, 0.3) is 0 Å². The van der Waals surface area contributed by atoms with E-state index in [1.54, 1.807) is 0 Å². The van der Waals surface area contributed by atoms with Gasteiger partial charge >= 0.3 is 10.1 Å². The summed E-state index contributed by atoms with van der Waals surface area (Å²) in [6, 6.07) is 1.30. The predicted molar refractivity (Wildman–Crippen MR) is 53.5 cm³/mol. The van der Waals surface area contributed by atoms with E-state index in [-0.39, 0.29) is 10.7 Å². The number of nitrogen functional groups attached to an aromatic ring is 1. The predicted octanol–water partition coefficient (Wildman–Crippen LogP) is 1.44. The highest BCUT2D eigenvalue weighted by molar-refractivity contribution is 9.10. The molecule has 1 rings (SSSR count). The summed E-state index contributed by atoms with van der Waals surface area (Å²) in [5, 5.41) is 0. The Balaban J connectivity index is 3.27. The molecule has 13 heavy (non-hydrogen) atoms. The van der Waals surface area contributed by atoms with E-state index < -0.39 is 10.1 Å². The molecule has 5 nitrogen and oxygen atoms in total. The van der Waals surface area contributed by atoms with Gasteiger partial charge in [0.05, 0.1) is 10.7 Å². The fraction of sp³-hybridized carbons (Fsp3) is 0. The zero-order valence-corrected chi connectivity index (χ0v) is 10.1. The standard InChI is InChI=1S/C5H4Br2N2O3S/c6-4-1-3(2-9-5(4)8)13(10,11)12-7/h1-2H,(H2,8,9). The van der Waals surface area contributed by atoms with E-state index in [1.807, 2.05) is 0 Å². The summed E-state index contributed by atoms with van der Waals surface area (Å²) in [5.74, 6) is 0.216. The van der Waals surface area contributed by atoms with Crippen molar-refractivity contribution in [2.24, 2.45) is 0 Å². The minimum absolute atomic E-state index is 0.0783. The van der Waals surface area contributed by atoms with Crippen molar-refractivity contribution in [3.05, 3.63) is 16.7 Å². The smallest absolute Gasteiger partial charge is 0.309 e. The monoisotopic (exact) mass is 330 g/mol. The second-order valence-electron chi connectivity index (χ2n) is 2.06. The Morgan fingerprint density at radius 3 is 2.62 bits per heavy atom. The second-order valence-corrected chi connectivity index (χ2v) is 5.21. The number of pyridine rings is 1. The van der Waals surface area contributed by atoms with E-state index in [0.29, 0.717) is 4.47 Å². The highest BCUT2D eigenvalue weighted by Crippen LogP contribution is 2.22. The number of hydrogen-bond acceptors (Lipinski definition) is 5. The molecule has 0 aliphatic carbocycles. The van der Waals surface area contributed by atoms with Gasteiger partial charge in [-0.2, -0.15) is 11.7 Å². The Bertz CT molecular complexity index is 420. The van der Waals surface area contributed by atoms with Gasteiger partial charge in [0, 0.05) is 0 Å². The molecule has 0 amide bonds. The molecule has 0 aliphatic rings. The Morgan fingerprint density at radius 1 is 1.54 bits per heavy atom. The molecule has 0 unspecified atom stereocenters. The summed E-state index contributed by atoms with van der Waals surface area (Å²) in [6.07, 6.45) is 1.11. The molecular formula is C5H4Br2N2O3S. The van der Waals surface area contributed by atoms with Gasteiger partial charge in [0.1, 0.15) is 27.0 Å². The molecule has 0 saturated carbocycles. The van der Waals surface area contributed by atoms with Crippen LogP contribution in [0.5, 0.6) is 0 Å². The van der Waals surface area contributed by atoms with Crippen LogP contribution in [-0.4, -0.2) is 13.4 Å². The van der Waals surface area contributed by atoms with Gasteiger partial charge < -0.3 is 5.73 Å². The minimum Gasteiger partial charge on any atom is -0.383 e. The molecule has 0 spiro atoms. The molecular weight excluding hydrogens is 328 g/mol. The SMILES string of the molecule is Nc1ncc(S(=O)(=O)OBr)cc1Br. The lowest BCUT2D eigenvalue weighted by Crippen LogP contribution is -2.02. The van der Waals surface area contributed by atoms with E-state index in [9.17, 15) is 8.42 Å². The van der Waals surface area contributed by atoms with Crippen molar-refractivity contribution in [2.75, 3.05) is 5.73 Å². The van der Waals surface area contributed by atoms with Crippen LogP contribution in [0, 0.1) is 0 Å². The molecule has 0 fully saturated rings. The van der Waals surface area contributed by atoms with Gasteiger partial charge in [-0.1, -0.05) is 0 Å². The van der Waals surface area contributed by atoms with Crippen molar-refractivity contribution in [2.45, 2.75) is 4.90 Å². The first-order valence-corrected chi connectivity index (χ1v) is 5.78. The van der Waals surface area contributed by atoms with Gasteiger partial charge in [0.15, 0.2) is 0 Å². The third-order valence-corrected chi connectivity index (χ3v) is 3.86. The Morgan fingerprint density at radius 2 is 2.15 bits per heavy atom. The van der Waals surface area contributed by atoms with E-state index in [0.717, 1.165) is 6.20 Å². The van der Waals surface area contributed by atoms with Crippen LogP contribution in [-0.2, 0) is 13.4 Å². The first-order valence-electron chi connectivity index (χ1n) is 2.93. The van der Waals surface area contributed by atoms with Crippen molar-refractivity contribution in [3.63, 3.8) is 0 Å². The lowest BCUT2D eigenvalue weighted by molar-refractivity contribution is 0.526. The largest absolute Gasteiger partial charge is 0.383 e. The molecule has 72 valence electrons. The van der Waals surface area contributed by atoms with Crippen molar-refractivity contribution in [3.8, 4) is 0 Å². The third-order valence-electron chi connectivity index (χ3n) is 1.22. The lowest BCUT2D eigenvalue weighted by Gasteiger charge is -2.01. The summed E-state index contributed by atoms with van der Waals surface area (Å²) in [6.45, 7) is 0. The number of halogens is 2. The average Bonchev–Trinajstić information content (AvgIpc) is 2.09. The van der Waals surface area contributed by atoms with Crippen LogP contribution in [0.2, 0.25) is 0 Å². The summed E-state index contributed by atoms with van der Waals surface area (Å²) in [5.41, 5.74) is 5.37. The number of anilines is 1. The second kappa shape index (κ2) is 3.91. The molecule has 1 aromatic rings. The molecule has 1 aromatic heterocycles. The van der Waals surface area contributed by atoms with E-state index >= 15 is 0 Å². The van der Waals surface area contributed by atoms with Gasteiger partial charge in [-0.05, 0) is 22.0 Å². The van der Waals surface area contributed by atoms with Gasteiger partial charge in [-0.3, -0.25) is 0 Å². The Kier molecular flexibility index (Phi) is 3.28. The molecule has 0 radical (unpaired) electrons.